The molecule has 0 unspecified atom stereocenters. The molecule has 3 heterocycles. The smallest absolute Gasteiger partial charge is 0.195 e. The van der Waals surface area contributed by atoms with E-state index in [1.807, 2.05) is 36.5 Å². The summed E-state index contributed by atoms with van der Waals surface area (Å²) in [7, 11) is 0. The molecule has 0 aliphatic carbocycles. The molecule has 0 spiro atoms. The van der Waals surface area contributed by atoms with Crippen LogP contribution in [0.2, 0.25) is 0 Å². The van der Waals surface area contributed by atoms with Crippen molar-refractivity contribution >= 4 is 39.5 Å². The monoisotopic (exact) mass is 302 g/mol. The number of imidazole rings is 1. The van der Waals surface area contributed by atoms with Crippen LogP contribution < -0.4 is 0 Å². The van der Waals surface area contributed by atoms with Crippen LogP contribution in [0.25, 0.3) is 11.0 Å². The van der Waals surface area contributed by atoms with E-state index in [2.05, 4.69) is 18.1 Å². The Morgan fingerprint density at radius 3 is 2.70 bits per heavy atom. The molecule has 0 N–H and O–H groups in total. The van der Waals surface area contributed by atoms with Gasteiger partial charge in [-0.05, 0) is 45.1 Å². The van der Waals surface area contributed by atoms with Gasteiger partial charge in [-0.15, -0.1) is 22.7 Å². The molecule has 3 nitrogen and oxygen atoms in total. The lowest BCUT2D eigenvalue weighted by atomic mass is 10.2. The van der Waals surface area contributed by atoms with Crippen molar-refractivity contribution in [3.8, 4) is 0 Å². The number of nitrogens with zero attached hydrogens (tertiary/aromatic N) is 2. The maximum atomic E-state index is 12.1. The molecule has 0 aromatic carbocycles. The van der Waals surface area contributed by atoms with Crippen molar-refractivity contribution in [3.05, 3.63) is 50.4 Å². The first-order valence-electron chi connectivity index (χ1n) is 6.28. The summed E-state index contributed by atoms with van der Waals surface area (Å²) in [4.78, 5) is 20.7. The molecule has 0 atom stereocenters. The zero-order valence-electron chi connectivity index (χ0n) is 11.5. The van der Waals surface area contributed by atoms with Gasteiger partial charge in [0.25, 0.3) is 0 Å². The Hall–Kier alpha value is -1.72. The molecular weight excluding hydrogens is 288 g/mol. The summed E-state index contributed by atoms with van der Waals surface area (Å²) in [6.07, 6.45) is 5.55. The van der Waals surface area contributed by atoms with E-state index in [0.29, 0.717) is 0 Å². The molecule has 0 radical (unpaired) electrons. The Morgan fingerprint density at radius 2 is 2.00 bits per heavy atom. The van der Waals surface area contributed by atoms with Crippen molar-refractivity contribution in [2.75, 3.05) is 0 Å². The van der Waals surface area contributed by atoms with Crippen molar-refractivity contribution in [2.45, 2.75) is 20.8 Å². The molecule has 102 valence electrons. The first kappa shape index (κ1) is 13.3. The van der Waals surface area contributed by atoms with E-state index < -0.39 is 0 Å². The van der Waals surface area contributed by atoms with Gasteiger partial charge in [0.15, 0.2) is 10.7 Å². The summed E-state index contributed by atoms with van der Waals surface area (Å²) in [6.45, 7) is 6.03. The molecule has 0 saturated carbocycles. The van der Waals surface area contributed by atoms with Crippen molar-refractivity contribution in [1.29, 1.82) is 0 Å². The summed E-state index contributed by atoms with van der Waals surface area (Å²) in [5.74, 6) is 0.0457. The second-order valence-electron chi connectivity index (χ2n) is 4.68. The third-order valence-corrected chi connectivity index (χ3v) is 4.95. The fourth-order valence-electron chi connectivity index (χ4n) is 2.09. The average Bonchev–Trinajstić information content (AvgIpc) is 3.02. The van der Waals surface area contributed by atoms with Crippen LogP contribution >= 0.6 is 22.7 Å². The largest absolute Gasteiger partial charge is 0.290 e. The van der Waals surface area contributed by atoms with E-state index in [4.69, 9.17) is 0 Å². The van der Waals surface area contributed by atoms with Gasteiger partial charge in [0.1, 0.15) is 0 Å². The molecule has 3 rings (SSSR count). The summed E-state index contributed by atoms with van der Waals surface area (Å²) in [6, 6.07) is 3.84. The van der Waals surface area contributed by atoms with Crippen molar-refractivity contribution in [1.82, 2.24) is 9.38 Å². The highest BCUT2D eigenvalue weighted by Gasteiger charge is 2.10. The van der Waals surface area contributed by atoms with Gasteiger partial charge < -0.3 is 0 Å². The van der Waals surface area contributed by atoms with Crippen LogP contribution in [-0.4, -0.2) is 15.2 Å². The number of hydrogen-bond donors (Lipinski definition) is 0. The topological polar surface area (TPSA) is 34.4 Å². The number of thiophene rings is 1. The minimum absolute atomic E-state index is 0.0457. The number of allylic oxidation sites excluding steroid dienone is 1. The van der Waals surface area contributed by atoms with Gasteiger partial charge >= 0.3 is 0 Å². The standard InChI is InChI=1S/C15H14N2OS2/c1-9-4-7-14(19-9)13(18)6-5-12-11(3)16-15-17(12)8-10(2)20-15/h4-8H,1-3H3/b6-5+. The van der Waals surface area contributed by atoms with Gasteiger partial charge in [0, 0.05) is 16.0 Å². The van der Waals surface area contributed by atoms with E-state index in [1.165, 1.54) is 16.2 Å². The van der Waals surface area contributed by atoms with Crippen molar-refractivity contribution in [2.24, 2.45) is 0 Å². The number of rotatable bonds is 3. The maximum Gasteiger partial charge on any atom is 0.195 e. The molecule has 0 saturated heterocycles. The van der Waals surface area contributed by atoms with E-state index >= 15 is 0 Å². The average molecular weight is 302 g/mol. The first-order valence-corrected chi connectivity index (χ1v) is 7.92. The van der Waals surface area contributed by atoms with E-state index in [9.17, 15) is 4.79 Å². The van der Waals surface area contributed by atoms with Gasteiger partial charge in [0.05, 0.1) is 16.3 Å². The highest BCUT2D eigenvalue weighted by atomic mass is 32.1. The van der Waals surface area contributed by atoms with Crippen LogP contribution in [0.5, 0.6) is 0 Å². The van der Waals surface area contributed by atoms with Gasteiger partial charge in [0.2, 0.25) is 0 Å². The van der Waals surface area contributed by atoms with Crippen LogP contribution in [0.15, 0.2) is 24.4 Å². The summed E-state index contributed by atoms with van der Waals surface area (Å²) in [5, 5.41) is 0. The lowest BCUT2D eigenvalue weighted by molar-refractivity contribution is 0.105. The van der Waals surface area contributed by atoms with Gasteiger partial charge in [-0.3, -0.25) is 9.20 Å². The summed E-state index contributed by atoms with van der Waals surface area (Å²) >= 11 is 3.18. The van der Waals surface area contributed by atoms with Crippen LogP contribution in [0.1, 0.15) is 30.8 Å². The quantitative estimate of drug-likeness (QED) is 0.534. The first-order chi connectivity index (χ1) is 9.54. The number of carbonyl (C=O) groups is 1. The Labute approximate surface area is 125 Å². The van der Waals surface area contributed by atoms with E-state index in [-0.39, 0.29) is 5.78 Å². The Morgan fingerprint density at radius 1 is 1.20 bits per heavy atom. The zero-order valence-corrected chi connectivity index (χ0v) is 13.1. The van der Waals surface area contributed by atoms with Crippen LogP contribution in [0.4, 0.5) is 0 Å². The number of thiazole rings is 1. The van der Waals surface area contributed by atoms with Crippen LogP contribution in [0, 0.1) is 20.8 Å². The normalized spacial score (nSPS) is 11.8. The number of carbonyl (C=O) groups excluding carboxylic acids is 1. The molecule has 0 aliphatic rings. The second-order valence-corrected chi connectivity index (χ2v) is 7.19. The van der Waals surface area contributed by atoms with Crippen LogP contribution in [-0.2, 0) is 0 Å². The zero-order chi connectivity index (χ0) is 14.3. The molecule has 0 amide bonds. The Balaban J connectivity index is 1.94. The highest BCUT2D eigenvalue weighted by Crippen LogP contribution is 2.22. The van der Waals surface area contributed by atoms with Crippen molar-refractivity contribution in [3.63, 3.8) is 0 Å². The van der Waals surface area contributed by atoms with Gasteiger partial charge in [-0.25, -0.2) is 4.98 Å². The van der Waals surface area contributed by atoms with Gasteiger partial charge in [-0.1, -0.05) is 0 Å². The number of hydrogen-bond acceptors (Lipinski definition) is 4. The minimum Gasteiger partial charge on any atom is -0.290 e. The molecule has 3 aromatic heterocycles. The molecule has 20 heavy (non-hydrogen) atoms. The molecule has 0 aliphatic heterocycles. The Kier molecular flexibility index (Phi) is 3.31. The predicted octanol–water partition coefficient (Wildman–Crippen LogP) is 4.28. The molecule has 5 heteroatoms. The minimum atomic E-state index is 0.0457. The Bertz CT molecular complexity index is 820. The number of fused-ring (bicyclic) bond motifs is 1. The third kappa shape index (κ3) is 2.34. The number of aromatic nitrogens is 2. The maximum absolute atomic E-state index is 12.1. The number of aryl methyl sites for hydroxylation is 3. The van der Waals surface area contributed by atoms with Crippen LogP contribution in [0.3, 0.4) is 0 Å². The number of ketones is 1. The molecule has 0 fully saturated rings. The molecular formula is C15H14N2OS2. The fraction of sp³-hybridized carbons (Fsp3) is 0.200. The SMILES string of the molecule is Cc1ccc(C(=O)/C=C/c2c(C)nc3sc(C)cn23)s1. The summed E-state index contributed by atoms with van der Waals surface area (Å²) < 4.78 is 2.04. The lowest BCUT2D eigenvalue weighted by Crippen LogP contribution is -1.90. The molecule has 0 bridgehead atoms. The highest BCUT2D eigenvalue weighted by molar-refractivity contribution is 7.17. The molecule has 3 aromatic rings. The summed E-state index contributed by atoms with van der Waals surface area (Å²) in [5.41, 5.74) is 1.92. The fourth-order valence-corrected chi connectivity index (χ4v) is 3.75. The third-order valence-electron chi connectivity index (χ3n) is 3.04. The predicted molar refractivity (Wildman–Crippen MR) is 85.0 cm³/mol. The lowest BCUT2D eigenvalue weighted by Gasteiger charge is -1.93. The second kappa shape index (κ2) is 5.00. The van der Waals surface area contributed by atoms with E-state index in [0.717, 1.165) is 26.1 Å². The van der Waals surface area contributed by atoms with Gasteiger partial charge in [-0.2, -0.15) is 0 Å². The van der Waals surface area contributed by atoms with E-state index in [1.54, 1.807) is 17.4 Å². The van der Waals surface area contributed by atoms with Crippen molar-refractivity contribution < 1.29 is 4.79 Å².